The second kappa shape index (κ2) is 7.87. The van der Waals surface area contributed by atoms with E-state index in [9.17, 15) is 0 Å². The Morgan fingerprint density at radius 3 is 2.77 bits per heavy atom. The fourth-order valence-electron chi connectivity index (χ4n) is 1.71. The molecule has 7 heteroatoms. The van der Waals surface area contributed by atoms with E-state index in [0.29, 0.717) is 34.0 Å². The number of benzene rings is 1. The Morgan fingerprint density at radius 1 is 1.27 bits per heavy atom. The first-order valence-corrected chi connectivity index (χ1v) is 7.30. The average Bonchev–Trinajstić information content (AvgIpc) is 2.50. The molecule has 0 radical (unpaired) electrons. The Kier molecular flexibility index (Phi) is 5.86. The Labute approximate surface area is 138 Å². The van der Waals surface area contributed by atoms with Crippen molar-refractivity contribution in [2.24, 2.45) is 5.10 Å². The lowest BCUT2D eigenvalue weighted by atomic mass is 10.2. The molecule has 22 heavy (non-hydrogen) atoms. The molecule has 0 spiro atoms. The van der Waals surface area contributed by atoms with E-state index in [4.69, 9.17) is 32.7 Å². The minimum Gasteiger partial charge on any atom is -0.493 e. The van der Waals surface area contributed by atoms with Crippen LogP contribution in [0, 0.1) is 0 Å². The zero-order valence-electron chi connectivity index (χ0n) is 12.1. The quantitative estimate of drug-likeness (QED) is 0.631. The predicted octanol–water partition coefficient (Wildman–Crippen LogP) is 4.24. The van der Waals surface area contributed by atoms with E-state index in [1.165, 1.54) is 6.20 Å². The highest BCUT2D eigenvalue weighted by molar-refractivity contribution is 6.35. The van der Waals surface area contributed by atoms with E-state index in [1.54, 1.807) is 19.4 Å². The first kappa shape index (κ1) is 16.4. The Morgan fingerprint density at radius 2 is 2.09 bits per heavy atom. The van der Waals surface area contributed by atoms with Crippen molar-refractivity contribution < 1.29 is 9.47 Å². The van der Waals surface area contributed by atoms with Crippen molar-refractivity contribution in [2.75, 3.05) is 19.1 Å². The third kappa shape index (κ3) is 4.26. The summed E-state index contributed by atoms with van der Waals surface area (Å²) >= 11 is 11.8. The molecule has 1 aromatic carbocycles. The van der Waals surface area contributed by atoms with E-state index in [2.05, 4.69) is 15.5 Å². The van der Waals surface area contributed by atoms with Crippen LogP contribution in [-0.2, 0) is 0 Å². The molecule has 1 heterocycles. The molecule has 5 nitrogen and oxygen atoms in total. The third-order valence-electron chi connectivity index (χ3n) is 2.68. The Bertz CT molecular complexity index is 678. The monoisotopic (exact) mass is 339 g/mol. The molecule has 1 N–H and O–H groups in total. The topological polar surface area (TPSA) is 55.7 Å². The van der Waals surface area contributed by atoms with Crippen LogP contribution in [0.5, 0.6) is 11.5 Å². The van der Waals surface area contributed by atoms with Gasteiger partial charge in [0.1, 0.15) is 0 Å². The summed E-state index contributed by atoms with van der Waals surface area (Å²) in [6.45, 7) is 2.47. The van der Waals surface area contributed by atoms with Crippen LogP contribution in [0.1, 0.15) is 12.5 Å². The van der Waals surface area contributed by atoms with E-state index in [0.717, 1.165) is 5.56 Å². The molecule has 0 fully saturated rings. The first-order valence-electron chi connectivity index (χ1n) is 6.55. The van der Waals surface area contributed by atoms with Gasteiger partial charge in [0.2, 0.25) is 0 Å². The van der Waals surface area contributed by atoms with Crippen LogP contribution in [0.25, 0.3) is 0 Å². The summed E-state index contributed by atoms with van der Waals surface area (Å²) in [5.41, 5.74) is 3.61. The average molecular weight is 340 g/mol. The van der Waals surface area contributed by atoms with Crippen molar-refractivity contribution >= 4 is 35.2 Å². The van der Waals surface area contributed by atoms with E-state index in [-0.39, 0.29) is 0 Å². The largest absolute Gasteiger partial charge is 0.493 e. The van der Waals surface area contributed by atoms with Crippen LogP contribution in [0.3, 0.4) is 0 Å². The van der Waals surface area contributed by atoms with E-state index >= 15 is 0 Å². The van der Waals surface area contributed by atoms with Gasteiger partial charge in [0.25, 0.3) is 0 Å². The molecular formula is C15H15Cl2N3O2. The van der Waals surface area contributed by atoms with E-state index in [1.807, 2.05) is 25.1 Å². The zero-order chi connectivity index (χ0) is 15.9. The fraction of sp³-hybridized carbons (Fsp3) is 0.200. The maximum atomic E-state index is 6.00. The number of aromatic nitrogens is 1. The minimum absolute atomic E-state index is 0.398. The summed E-state index contributed by atoms with van der Waals surface area (Å²) in [4.78, 5) is 4.05. The van der Waals surface area contributed by atoms with Gasteiger partial charge in [-0.2, -0.15) is 5.10 Å². The Hall–Kier alpha value is -1.98. The highest BCUT2D eigenvalue weighted by Gasteiger charge is 2.04. The fourth-order valence-corrected chi connectivity index (χ4v) is 2.13. The minimum atomic E-state index is 0.398. The van der Waals surface area contributed by atoms with Gasteiger partial charge in [-0.3, -0.25) is 5.43 Å². The number of methoxy groups -OCH3 is 1. The zero-order valence-corrected chi connectivity index (χ0v) is 13.6. The lowest BCUT2D eigenvalue weighted by molar-refractivity contribution is 0.311. The highest BCUT2D eigenvalue weighted by atomic mass is 35.5. The predicted molar refractivity (Wildman–Crippen MR) is 89.6 cm³/mol. The molecule has 0 atom stereocenters. The first-order chi connectivity index (χ1) is 10.6. The van der Waals surface area contributed by atoms with Crippen LogP contribution in [0.15, 0.2) is 35.6 Å². The summed E-state index contributed by atoms with van der Waals surface area (Å²) < 4.78 is 10.7. The van der Waals surface area contributed by atoms with Gasteiger partial charge in [-0.15, -0.1) is 0 Å². The second-order valence-electron chi connectivity index (χ2n) is 4.20. The van der Waals surface area contributed by atoms with Gasteiger partial charge < -0.3 is 9.47 Å². The normalized spacial score (nSPS) is 10.7. The van der Waals surface area contributed by atoms with Crippen LogP contribution >= 0.6 is 23.2 Å². The maximum absolute atomic E-state index is 6.00. The summed E-state index contributed by atoms with van der Waals surface area (Å²) in [6.07, 6.45) is 3.13. The van der Waals surface area contributed by atoms with Crippen LogP contribution in [0.2, 0.25) is 10.0 Å². The number of anilines is 1. The number of pyridine rings is 1. The number of nitrogens with one attached hydrogen (secondary N) is 1. The molecule has 0 bridgehead atoms. The summed E-state index contributed by atoms with van der Waals surface area (Å²) in [5, 5.41) is 4.96. The number of halogens is 2. The van der Waals surface area contributed by atoms with Crippen LogP contribution in [-0.4, -0.2) is 24.9 Å². The molecule has 116 valence electrons. The van der Waals surface area contributed by atoms with E-state index < -0.39 is 0 Å². The molecule has 0 amide bonds. The van der Waals surface area contributed by atoms with Gasteiger partial charge in [0, 0.05) is 6.20 Å². The molecule has 1 aromatic heterocycles. The van der Waals surface area contributed by atoms with Crippen molar-refractivity contribution in [1.29, 1.82) is 0 Å². The lowest BCUT2D eigenvalue weighted by Gasteiger charge is -2.09. The van der Waals surface area contributed by atoms with Gasteiger partial charge in [-0.25, -0.2) is 4.98 Å². The van der Waals surface area contributed by atoms with Gasteiger partial charge in [-0.1, -0.05) is 23.2 Å². The standard InChI is InChI=1S/C15H15Cl2N3O2/c1-3-22-14-6-10(4-5-13(14)21-2)8-19-20-15-12(17)7-11(16)9-18-15/h4-9H,3H2,1-2H3,(H,18,20)/b19-8+. The molecule has 0 aliphatic heterocycles. The number of rotatable bonds is 6. The lowest BCUT2D eigenvalue weighted by Crippen LogP contribution is -1.97. The van der Waals surface area contributed by atoms with Gasteiger partial charge in [0.05, 0.1) is 30.0 Å². The van der Waals surface area contributed by atoms with Crippen molar-refractivity contribution in [3.63, 3.8) is 0 Å². The van der Waals surface area contributed by atoms with Crippen molar-refractivity contribution in [3.05, 3.63) is 46.1 Å². The molecule has 2 aromatic rings. The number of hydrogen-bond donors (Lipinski definition) is 1. The molecule has 0 saturated carbocycles. The molecule has 0 saturated heterocycles. The number of ether oxygens (including phenoxy) is 2. The summed E-state index contributed by atoms with van der Waals surface area (Å²) in [5.74, 6) is 1.77. The van der Waals surface area contributed by atoms with Crippen LogP contribution in [0.4, 0.5) is 5.82 Å². The Balaban J connectivity index is 2.11. The molecule has 2 rings (SSSR count). The SMILES string of the molecule is CCOc1cc(/C=N/Nc2ncc(Cl)cc2Cl)ccc1OC. The van der Waals surface area contributed by atoms with Gasteiger partial charge in [0.15, 0.2) is 17.3 Å². The van der Waals surface area contributed by atoms with Crippen LogP contribution < -0.4 is 14.9 Å². The van der Waals surface area contributed by atoms with Crippen molar-refractivity contribution in [2.45, 2.75) is 6.92 Å². The molecule has 0 unspecified atom stereocenters. The number of hydrogen-bond acceptors (Lipinski definition) is 5. The van der Waals surface area contributed by atoms with Gasteiger partial charge in [-0.05, 0) is 36.8 Å². The molecule has 0 aliphatic rings. The third-order valence-corrected chi connectivity index (χ3v) is 3.17. The van der Waals surface area contributed by atoms with Crippen molar-refractivity contribution in [1.82, 2.24) is 4.98 Å². The number of nitrogens with zero attached hydrogens (tertiary/aromatic N) is 2. The number of hydrazone groups is 1. The summed E-state index contributed by atoms with van der Waals surface area (Å²) in [7, 11) is 1.60. The molecule has 0 aliphatic carbocycles. The maximum Gasteiger partial charge on any atom is 0.165 e. The van der Waals surface area contributed by atoms with Gasteiger partial charge >= 0.3 is 0 Å². The summed E-state index contributed by atoms with van der Waals surface area (Å²) in [6, 6.07) is 7.11. The second-order valence-corrected chi connectivity index (χ2v) is 5.04. The van der Waals surface area contributed by atoms with Crippen molar-refractivity contribution in [3.8, 4) is 11.5 Å². The molecular weight excluding hydrogens is 325 g/mol. The smallest absolute Gasteiger partial charge is 0.165 e. The highest BCUT2D eigenvalue weighted by Crippen LogP contribution is 2.27.